The van der Waals surface area contributed by atoms with Crippen molar-refractivity contribution in [3.8, 4) is 0 Å². The van der Waals surface area contributed by atoms with Gasteiger partial charge in [0.15, 0.2) is 0 Å². The van der Waals surface area contributed by atoms with Crippen molar-refractivity contribution in [3.63, 3.8) is 0 Å². The molecule has 1 aromatic rings. The van der Waals surface area contributed by atoms with Crippen LogP contribution in [0.4, 0.5) is 0 Å². The molecule has 1 saturated carbocycles. The van der Waals surface area contributed by atoms with Gasteiger partial charge in [0.1, 0.15) is 5.76 Å². The van der Waals surface area contributed by atoms with E-state index in [-0.39, 0.29) is 0 Å². The quantitative estimate of drug-likeness (QED) is 0.829. The van der Waals surface area contributed by atoms with Crippen molar-refractivity contribution in [2.75, 3.05) is 0 Å². The normalized spacial score (nSPS) is 31.7. The lowest BCUT2D eigenvalue weighted by atomic mass is 9.80. The summed E-state index contributed by atoms with van der Waals surface area (Å²) >= 11 is 0. The van der Waals surface area contributed by atoms with Crippen LogP contribution in [0.1, 0.15) is 38.9 Å². The maximum atomic E-state index is 5.07. The lowest BCUT2D eigenvalue weighted by molar-refractivity contribution is 0.232. The maximum absolute atomic E-state index is 5.07. The monoisotopic (exact) mass is 208 g/mol. The molecule has 1 heterocycles. The van der Waals surface area contributed by atoms with E-state index in [1.54, 1.807) is 6.20 Å². The molecule has 0 spiro atoms. The molecule has 0 saturated heterocycles. The zero-order valence-corrected chi connectivity index (χ0v) is 9.57. The van der Waals surface area contributed by atoms with Gasteiger partial charge < -0.3 is 9.84 Å². The van der Waals surface area contributed by atoms with Crippen LogP contribution in [0.25, 0.3) is 0 Å². The van der Waals surface area contributed by atoms with Crippen molar-refractivity contribution < 1.29 is 4.52 Å². The highest BCUT2D eigenvalue weighted by molar-refractivity contribution is 4.93. The molecule has 1 fully saturated rings. The molecule has 1 aliphatic rings. The van der Waals surface area contributed by atoms with Crippen LogP contribution in [0.2, 0.25) is 0 Å². The molecule has 3 heteroatoms. The zero-order chi connectivity index (χ0) is 10.7. The van der Waals surface area contributed by atoms with Crippen molar-refractivity contribution in [3.05, 3.63) is 18.0 Å². The molecule has 15 heavy (non-hydrogen) atoms. The number of hydrogen-bond acceptors (Lipinski definition) is 3. The second kappa shape index (κ2) is 4.79. The van der Waals surface area contributed by atoms with E-state index in [4.69, 9.17) is 4.52 Å². The van der Waals surface area contributed by atoms with Gasteiger partial charge in [-0.1, -0.05) is 19.0 Å². The molecule has 1 aliphatic carbocycles. The van der Waals surface area contributed by atoms with Gasteiger partial charge in [0.05, 0.1) is 12.7 Å². The fourth-order valence-electron chi connectivity index (χ4n) is 2.69. The Morgan fingerprint density at radius 1 is 1.33 bits per heavy atom. The smallest absolute Gasteiger partial charge is 0.150 e. The van der Waals surface area contributed by atoms with Gasteiger partial charge in [-0.2, -0.15) is 0 Å². The summed E-state index contributed by atoms with van der Waals surface area (Å²) < 4.78 is 5.07. The third-order valence-corrected chi connectivity index (χ3v) is 3.23. The number of hydrogen-bond donors (Lipinski definition) is 1. The van der Waals surface area contributed by atoms with Gasteiger partial charge >= 0.3 is 0 Å². The van der Waals surface area contributed by atoms with Crippen molar-refractivity contribution >= 4 is 0 Å². The minimum Gasteiger partial charge on any atom is -0.360 e. The van der Waals surface area contributed by atoms with E-state index >= 15 is 0 Å². The zero-order valence-electron chi connectivity index (χ0n) is 9.57. The van der Waals surface area contributed by atoms with E-state index in [1.807, 2.05) is 6.07 Å². The molecule has 0 amide bonds. The van der Waals surface area contributed by atoms with Gasteiger partial charge in [-0.3, -0.25) is 0 Å². The van der Waals surface area contributed by atoms with Gasteiger partial charge in [-0.05, 0) is 31.1 Å². The Bertz CT molecular complexity index is 274. The highest BCUT2D eigenvalue weighted by Gasteiger charge is 2.23. The van der Waals surface area contributed by atoms with Crippen LogP contribution >= 0.6 is 0 Å². The van der Waals surface area contributed by atoms with Crippen molar-refractivity contribution in [2.24, 2.45) is 11.8 Å². The van der Waals surface area contributed by atoms with E-state index in [2.05, 4.69) is 24.3 Å². The molecule has 84 valence electrons. The van der Waals surface area contributed by atoms with Crippen LogP contribution in [0.3, 0.4) is 0 Å². The third-order valence-electron chi connectivity index (χ3n) is 3.23. The maximum Gasteiger partial charge on any atom is 0.150 e. The van der Waals surface area contributed by atoms with Crippen LogP contribution in [0.15, 0.2) is 16.8 Å². The minimum absolute atomic E-state index is 0.647. The summed E-state index contributed by atoms with van der Waals surface area (Å²) in [6, 6.07) is 2.57. The molecule has 0 radical (unpaired) electrons. The minimum atomic E-state index is 0.647. The van der Waals surface area contributed by atoms with E-state index in [9.17, 15) is 0 Å². The lowest BCUT2D eigenvalue weighted by Crippen LogP contribution is -2.35. The molecular formula is C12H20N2O. The van der Waals surface area contributed by atoms with Crippen molar-refractivity contribution in [1.82, 2.24) is 10.5 Å². The summed E-state index contributed by atoms with van der Waals surface area (Å²) in [6.45, 7) is 5.50. The van der Waals surface area contributed by atoms with Crippen molar-refractivity contribution in [1.29, 1.82) is 0 Å². The number of aromatic nitrogens is 1. The predicted octanol–water partition coefficient (Wildman–Crippen LogP) is 2.59. The molecule has 0 aromatic carbocycles. The Morgan fingerprint density at radius 3 is 2.67 bits per heavy atom. The van der Waals surface area contributed by atoms with Gasteiger partial charge in [0, 0.05) is 12.1 Å². The first-order valence-corrected chi connectivity index (χ1v) is 5.87. The Morgan fingerprint density at radius 2 is 2.07 bits per heavy atom. The Kier molecular flexibility index (Phi) is 3.41. The van der Waals surface area contributed by atoms with E-state index in [1.165, 1.54) is 19.3 Å². The first-order chi connectivity index (χ1) is 7.24. The molecule has 3 nitrogen and oxygen atoms in total. The van der Waals surface area contributed by atoms with Gasteiger partial charge in [-0.25, -0.2) is 0 Å². The Labute approximate surface area is 91.2 Å². The average Bonchev–Trinajstić information content (AvgIpc) is 2.65. The Balaban J connectivity index is 1.79. The summed E-state index contributed by atoms with van der Waals surface area (Å²) in [4.78, 5) is 0. The van der Waals surface area contributed by atoms with Crippen LogP contribution in [0, 0.1) is 11.8 Å². The molecule has 0 aliphatic heterocycles. The van der Waals surface area contributed by atoms with Crippen LogP contribution in [-0.4, -0.2) is 11.2 Å². The van der Waals surface area contributed by atoms with Crippen LogP contribution in [-0.2, 0) is 6.54 Å². The van der Waals surface area contributed by atoms with Crippen molar-refractivity contribution in [2.45, 2.75) is 45.7 Å². The first kappa shape index (κ1) is 10.7. The molecule has 1 aromatic heterocycles. The summed E-state index contributed by atoms with van der Waals surface area (Å²) in [5.74, 6) is 2.63. The molecule has 2 unspecified atom stereocenters. The first-order valence-electron chi connectivity index (χ1n) is 5.87. The largest absolute Gasteiger partial charge is 0.360 e. The third kappa shape index (κ3) is 3.06. The fourth-order valence-corrected chi connectivity index (χ4v) is 2.69. The van der Waals surface area contributed by atoms with E-state index < -0.39 is 0 Å². The molecule has 2 rings (SSSR count). The number of nitrogens with zero attached hydrogens (tertiary/aromatic N) is 1. The molecule has 0 bridgehead atoms. The summed E-state index contributed by atoms with van der Waals surface area (Å²) in [7, 11) is 0. The SMILES string of the molecule is CC1CC(C)CC(NCc2ccno2)C1. The number of rotatable bonds is 3. The predicted molar refractivity (Wildman–Crippen MR) is 59.3 cm³/mol. The topological polar surface area (TPSA) is 38.1 Å². The Hall–Kier alpha value is -0.830. The number of nitrogens with one attached hydrogen (secondary N) is 1. The second-order valence-electron chi connectivity index (χ2n) is 4.97. The van der Waals surface area contributed by atoms with Crippen LogP contribution in [0.5, 0.6) is 0 Å². The summed E-state index contributed by atoms with van der Waals surface area (Å²) in [5, 5.41) is 7.25. The highest BCUT2D eigenvalue weighted by Crippen LogP contribution is 2.28. The average molecular weight is 208 g/mol. The van der Waals surface area contributed by atoms with Crippen LogP contribution < -0.4 is 5.32 Å². The van der Waals surface area contributed by atoms with Gasteiger partial charge in [-0.15, -0.1) is 0 Å². The van der Waals surface area contributed by atoms with Gasteiger partial charge in [0.2, 0.25) is 0 Å². The van der Waals surface area contributed by atoms with E-state index in [0.717, 1.165) is 24.1 Å². The highest BCUT2D eigenvalue weighted by atomic mass is 16.5. The summed E-state index contributed by atoms with van der Waals surface area (Å²) in [6.07, 6.45) is 5.65. The molecular weight excluding hydrogens is 188 g/mol. The fraction of sp³-hybridized carbons (Fsp3) is 0.750. The summed E-state index contributed by atoms with van der Waals surface area (Å²) in [5.41, 5.74) is 0. The second-order valence-corrected chi connectivity index (χ2v) is 4.97. The van der Waals surface area contributed by atoms with Gasteiger partial charge in [0.25, 0.3) is 0 Å². The standard InChI is InChI=1S/C12H20N2O/c1-9-5-10(2)7-11(6-9)13-8-12-3-4-14-15-12/h3-4,9-11,13H,5-8H2,1-2H3. The molecule has 2 atom stereocenters. The van der Waals surface area contributed by atoms with E-state index in [0.29, 0.717) is 6.04 Å². The molecule has 1 N–H and O–H groups in total. The lowest BCUT2D eigenvalue weighted by Gasteiger charge is -2.31.